The Kier molecular flexibility index (Phi) is 6.99. The van der Waals surface area contributed by atoms with Gasteiger partial charge < -0.3 is 9.88 Å². The maximum atomic E-state index is 13.5. The normalized spacial score (nSPS) is 18.0. The highest BCUT2D eigenvalue weighted by atomic mass is 19.4. The molecule has 2 nitrogen and oxygen atoms in total. The van der Waals surface area contributed by atoms with Crippen molar-refractivity contribution >= 4 is 10.9 Å². The zero-order valence-electron chi connectivity index (χ0n) is 19.0. The Morgan fingerprint density at radius 3 is 2.26 bits per heavy atom. The van der Waals surface area contributed by atoms with E-state index < -0.39 is 23.5 Å². The SMILES string of the molecule is CCCC1CCCCN1CCc1c(-c2cc(C(F)(F)F)cc(C(F)(F)F)c2)[nH]c2ccccc12. The van der Waals surface area contributed by atoms with Gasteiger partial charge in [0, 0.05) is 29.2 Å². The first-order valence-corrected chi connectivity index (χ1v) is 11.7. The van der Waals surface area contributed by atoms with Gasteiger partial charge in [-0.15, -0.1) is 0 Å². The van der Waals surface area contributed by atoms with E-state index in [2.05, 4.69) is 16.8 Å². The van der Waals surface area contributed by atoms with Crippen LogP contribution in [0.4, 0.5) is 26.3 Å². The van der Waals surface area contributed by atoms with Crippen LogP contribution in [0.15, 0.2) is 42.5 Å². The highest BCUT2D eigenvalue weighted by Crippen LogP contribution is 2.40. The molecule has 8 heteroatoms. The molecule has 1 N–H and O–H groups in total. The summed E-state index contributed by atoms with van der Waals surface area (Å²) in [5.74, 6) is 0. The number of aromatic nitrogens is 1. The lowest BCUT2D eigenvalue weighted by Crippen LogP contribution is -2.40. The van der Waals surface area contributed by atoms with Crippen LogP contribution < -0.4 is 0 Å². The number of nitrogens with one attached hydrogen (secondary N) is 1. The van der Waals surface area contributed by atoms with Crippen LogP contribution in [0.3, 0.4) is 0 Å². The highest BCUT2D eigenvalue weighted by Gasteiger charge is 2.37. The summed E-state index contributed by atoms with van der Waals surface area (Å²) in [5, 5.41) is 0.826. The number of hydrogen-bond acceptors (Lipinski definition) is 1. The second-order valence-corrected chi connectivity index (χ2v) is 9.04. The van der Waals surface area contributed by atoms with Crippen molar-refractivity contribution in [1.29, 1.82) is 0 Å². The van der Waals surface area contributed by atoms with Crippen LogP contribution in [0.1, 0.15) is 55.7 Å². The Morgan fingerprint density at radius 2 is 1.62 bits per heavy atom. The molecule has 3 aromatic rings. The van der Waals surface area contributed by atoms with Gasteiger partial charge in [-0.3, -0.25) is 0 Å². The average Bonchev–Trinajstić information content (AvgIpc) is 3.16. The van der Waals surface area contributed by atoms with E-state index in [1.807, 2.05) is 12.1 Å². The van der Waals surface area contributed by atoms with Gasteiger partial charge in [0.1, 0.15) is 0 Å². The fourth-order valence-electron chi connectivity index (χ4n) is 5.08. The van der Waals surface area contributed by atoms with Gasteiger partial charge in [0.05, 0.1) is 11.1 Å². The Labute approximate surface area is 195 Å². The molecule has 2 heterocycles. The third-order valence-electron chi connectivity index (χ3n) is 6.71. The van der Waals surface area contributed by atoms with E-state index in [4.69, 9.17) is 0 Å². The lowest BCUT2D eigenvalue weighted by Gasteiger charge is -2.35. The predicted octanol–water partition coefficient (Wildman–Crippen LogP) is 8.07. The summed E-state index contributed by atoms with van der Waals surface area (Å²) in [6.07, 6.45) is -3.66. The maximum Gasteiger partial charge on any atom is 0.416 e. The molecule has 0 aliphatic carbocycles. The Morgan fingerprint density at radius 1 is 0.941 bits per heavy atom. The summed E-state index contributed by atoms with van der Waals surface area (Å²) in [7, 11) is 0. The van der Waals surface area contributed by atoms with Gasteiger partial charge in [-0.2, -0.15) is 26.3 Å². The van der Waals surface area contributed by atoms with Gasteiger partial charge in [0.25, 0.3) is 0 Å². The zero-order valence-corrected chi connectivity index (χ0v) is 19.0. The van der Waals surface area contributed by atoms with Gasteiger partial charge in [-0.05, 0) is 67.6 Å². The van der Waals surface area contributed by atoms with E-state index >= 15 is 0 Å². The fourth-order valence-corrected chi connectivity index (χ4v) is 5.08. The monoisotopic (exact) mass is 482 g/mol. The summed E-state index contributed by atoms with van der Waals surface area (Å²) >= 11 is 0. The minimum absolute atomic E-state index is 0.0999. The van der Waals surface area contributed by atoms with E-state index in [1.54, 1.807) is 12.1 Å². The molecule has 0 saturated carbocycles. The molecule has 1 saturated heterocycles. The predicted molar refractivity (Wildman–Crippen MR) is 122 cm³/mol. The first-order valence-electron chi connectivity index (χ1n) is 11.7. The van der Waals surface area contributed by atoms with Crippen LogP contribution in [0.25, 0.3) is 22.2 Å². The summed E-state index contributed by atoms with van der Waals surface area (Å²) in [5.41, 5.74) is -0.938. The van der Waals surface area contributed by atoms with Gasteiger partial charge in [0.2, 0.25) is 0 Å². The third-order valence-corrected chi connectivity index (χ3v) is 6.71. The molecule has 1 aromatic heterocycles. The molecule has 4 rings (SSSR count). The molecule has 1 aliphatic rings. The molecule has 1 fully saturated rings. The third kappa shape index (κ3) is 5.27. The van der Waals surface area contributed by atoms with Crippen molar-refractivity contribution in [2.45, 2.75) is 63.8 Å². The van der Waals surface area contributed by atoms with E-state index in [9.17, 15) is 26.3 Å². The second-order valence-electron chi connectivity index (χ2n) is 9.04. The first kappa shape index (κ1) is 24.6. The molecule has 0 radical (unpaired) electrons. The van der Waals surface area contributed by atoms with E-state index in [0.717, 1.165) is 55.3 Å². The molecule has 0 bridgehead atoms. The summed E-state index contributed by atoms with van der Waals surface area (Å²) < 4.78 is 80.9. The van der Waals surface area contributed by atoms with Crippen LogP contribution in [-0.2, 0) is 18.8 Å². The number of H-pyrrole nitrogens is 1. The van der Waals surface area contributed by atoms with Crippen LogP contribution in [0.2, 0.25) is 0 Å². The summed E-state index contributed by atoms with van der Waals surface area (Å²) in [4.78, 5) is 5.53. The number of para-hydroxylation sites is 1. The number of likely N-dealkylation sites (tertiary alicyclic amines) is 1. The van der Waals surface area contributed by atoms with E-state index in [0.29, 0.717) is 30.2 Å². The number of piperidine rings is 1. The smallest absolute Gasteiger partial charge is 0.354 e. The van der Waals surface area contributed by atoms with E-state index in [1.165, 1.54) is 6.42 Å². The number of alkyl halides is 6. The number of aromatic amines is 1. The van der Waals surface area contributed by atoms with Gasteiger partial charge in [0.15, 0.2) is 0 Å². The Balaban J connectivity index is 1.77. The fraction of sp³-hybridized carbons (Fsp3) is 0.462. The summed E-state index contributed by atoms with van der Waals surface area (Å²) in [6, 6.07) is 9.55. The van der Waals surface area contributed by atoms with Gasteiger partial charge in [-0.25, -0.2) is 0 Å². The van der Waals surface area contributed by atoms with Crippen molar-refractivity contribution in [2.75, 3.05) is 13.1 Å². The topological polar surface area (TPSA) is 19.0 Å². The number of nitrogens with zero attached hydrogens (tertiary/aromatic N) is 1. The molecule has 1 aliphatic heterocycles. The average molecular weight is 483 g/mol. The van der Waals surface area contributed by atoms with Crippen LogP contribution in [0.5, 0.6) is 0 Å². The summed E-state index contributed by atoms with van der Waals surface area (Å²) in [6.45, 7) is 3.82. The van der Waals surface area contributed by atoms with Crippen molar-refractivity contribution in [3.05, 3.63) is 59.2 Å². The minimum atomic E-state index is -4.89. The lowest BCUT2D eigenvalue weighted by molar-refractivity contribution is -0.143. The molecule has 1 unspecified atom stereocenters. The minimum Gasteiger partial charge on any atom is -0.354 e. The molecule has 0 amide bonds. The van der Waals surface area contributed by atoms with E-state index in [-0.39, 0.29) is 11.6 Å². The number of halogens is 6. The van der Waals surface area contributed by atoms with Gasteiger partial charge in [-0.1, -0.05) is 38.0 Å². The number of rotatable bonds is 6. The van der Waals surface area contributed by atoms with Crippen molar-refractivity contribution in [2.24, 2.45) is 0 Å². The zero-order chi connectivity index (χ0) is 24.5. The van der Waals surface area contributed by atoms with Crippen molar-refractivity contribution < 1.29 is 26.3 Å². The van der Waals surface area contributed by atoms with Crippen molar-refractivity contribution in [1.82, 2.24) is 9.88 Å². The van der Waals surface area contributed by atoms with Crippen LogP contribution in [0, 0.1) is 0 Å². The van der Waals surface area contributed by atoms with Gasteiger partial charge >= 0.3 is 12.4 Å². The molecule has 184 valence electrons. The highest BCUT2D eigenvalue weighted by molar-refractivity contribution is 5.91. The Bertz CT molecular complexity index is 1090. The van der Waals surface area contributed by atoms with Crippen molar-refractivity contribution in [3.8, 4) is 11.3 Å². The van der Waals surface area contributed by atoms with Crippen molar-refractivity contribution in [3.63, 3.8) is 0 Å². The Hall–Kier alpha value is -2.48. The quantitative estimate of drug-likeness (QED) is 0.352. The molecule has 0 spiro atoms. The number of hydrogen-bond donors (Lipinski definition) is 1. The number of fused-ring (bicyclic) bond motifs is 1. The number of benzene rings is 2. The van der Waals surface area contributed by atoms with Crippen LogP contribution in [-0.4, -0.2) is 29.0 Å². The molecular formula is C26H28F6N2. The maximum absolute atomic E-state index is 13.5. The largest absolute Gasteiger partial charge is 0.416 e. The first-order chi connectivity index (χ1) is 16.1. The lowest BCUT2D eigenvalue weighted by atomic mass is 9.95. The molecular weight excluding hydrogens is 454 g/mol. The molecule has 1 atom stereocenters. The van der Waals surface area contributed by atoms with Crippen LogP contribution >= 0.6 is 0 Å². The second kappa shape index (κ2) is 9.64. The molecule has 34 heavy (non-hydrogen) atoms. The molecule has 2 aromatic carbocycles. The standard InChI is InChI=1S/C26H28F6N2/c1-2-7-20-8-5-6-12-34(20)13-11-22-21-9-3-4-10-23(21)33-24(22)17-14-18(25(27,28)29)16-19(15-17)26(30,31)32/h3-4,9-10,14-16,20,33H,2,5-8,11-13H2,1H3.